The first-order valence-corrected chi connectivity index (χ1v) is 7.82. The van der Waals surface area contributed by atoms with Gasteiger partial charge in [0.2, 0.25) is 5.78 Å². The Hall–Kier alpha value is -3.14. The molecule has 0 saturated heterocycles. The first-order valence-electron chi connectivity index (χ1n) is 7.82. The summed E-state index contributed by atoms with van der Waals surface area (Å²) in [5.41, 5.74) is 3.34. The van der Waals surface area contributed by atoms with E-state index in [0.29, 0.717) is 11.4 Å². The van der Waals surface area contributed by atoms with Crippen LogP contribution in [0.1, 0.15) is 10.4 Å². The fourth-order valence-corrected chi connectivity index (χ4v) is 2.87. The van der Waals surface area contributed by atoms with Gasteiger partial charge in [0.1, 0.15) is 0 Å². The molecule has 0 aliphatic carbocycles. The lowest BCUT2D eigenvalue weighted by atomic mass is 10.0. The molecule has 1 heterocycles. The van der Waals surface area contributed by atoms with E-state index in [2.05, 4.69) is 10.3 Å². The van der Waals surface area contributed by atoms with Crippen LogP contribution in [0.4, 0.5) is 17.1 Å². The number of fused-ring (bicyclic) bond motifs is 2. The van der Waals surface area contributed by atoms with E-state index in [-0.39, 0.29) is 5.78 Å². The fourth-order valence-electron chi connectivity index (χ4n) is 2.87. The molecular formula is C20H17N3O. The summed E-state index contributed by atoms with van der Waals surface area (Å²) in [5.74, 6) is 0.311. The predicted octanol–water partition coefficient (Wildman–Crippen LogP) is 4.24. The molecule has 0 saturated carbocycles. The minimum Gasteiger partial charge on any atom is -0.378 e. The van der Waals surface area contributed by atoms with Crippen molar-refractivity contribution in [2.75, 3.05) is 24.3 Å². The Balaban J connectivity index is 1.64. The lowest BCUT2D eigenvalue weighted by Crippen LogP contribution is -2.19. The van der Waals surface area contributed by atoms with Crippen LogP contribution in [0.5, 0.6) is 0 Å². The van der Waals surface area contributed by atoms with Gasteiger partial charge in [-0.3, -0.25) is 4.79 Å². The number of benzene rings is 3. The second-order valence-corrected chi connectivity index (χ2v) is 6.07. The van der Waals surface area contributed by atoms with E-state index < -0.39 is 0 Å². The summed E-state index contributed by atoms with van der Waals surface area (Å²) in [7, 11) is 3.99. The first kappa shape index (κ1) is 14.5. The van der Waals surface area contributed by atoms with E-state index in [9.17, 15) is 4.79 Å². The number of carbonyl (C=O) groups is 1. The number of nitrogens with one attached hydrogen (secondary N) is 1. The third-order valence-electron chi connectivity index (χ3n) is 4.20. The van der Waals surface area contributed by atoms with Gasteiger partial charge < -0.3 is 10.2 Å². The molecule has 0 atom stereocenters. The molecular weight excluding hydrogens is 298 g/mol. The smallest absolute Gasteiger partial charge is 0.230 e. The van der Waals surface area contributed by atoms with Crippen molar-refractivity contribution in [1.29, 1.82) is 0 Å². The van der Waals surface area contributed by atoms with E-state index in [0.717, 1.165) is 27.8 Å². The zero-order valence-corrected chi connectivity index (χ0v) is 13.6. The van der Waals surface area contributed by atoms with E-state index in [4.69, 9.17) is 0 Å². The number of ketones is 1. The van der Waals surface area contributed by atoms with Crippen LogP contribution in [-0.2, 0) is 0 Å². The van der Waals surface area contributed by atoms with Crippen molar-refractivity contribution in [3.8, 4) is 0 Å². The number of amidine groups is 1. The van der Waals surface area contributed by atoms with Gasteiger partial charge in [0.15, 0.2) is 5.84 Å². The summed E-state index contributed by atoms with van der Waals surface area (Å²) < 4.78 is 0. The normalized spacial score (nSPS) is 12.9. The summed E-state index contributed by atoms with van der Waals surface area (Å²) >= 11 is 0. The van der Waals surface area contributed by atoms with Crippen LogP contribution in [0.2, 0.25) is 0 Å². The molecule has 0 spiro atoms. The van der Waals surface area contributed by atoms with E-state index in [1.807, 2.05) is 79.7 Å². The van der Waals surface area contributed by atoms with Gasteiger partial charge in [-0.15, -0.1) is 0 Å². The van der Waals surface area contributed by atoms with E-state index >= 15 is 0 Å². The van der Waals surface area contributed by atoms with Crippen LogP contribution < -0.4 is 10.2 Å². The Morgan fingerprint density at radius 1 is 0.917 bits per heavy atom. The SMILES string of the molecule is CN(C)c1ccc(NC2=Nc3cc4ccccc4cc3C2=O)cc1. The molecule has 118 valence electrons. The molecule has 0 bridgehead atoms. The Morgan fingerprint density at radius 2 is 1.58 bits per heavy atom. The Morgan fingerprint density at radius 3 is 2.25 bits per heavy atom. The van der Waals surface area contributed by atoms with Crippen LogP contribution >= 0.6 is 0 Å². The molecule has 4 heteroatoms. The zero-order valence-electron chi connectivity index (χ0n) is 13.6. The van der Waals surface area contributed by atoms with Gasteiger partial charge in [0, 0.05) is 25.5 Å². The van der Waals surface area contributed by atoms with Crippen molar-refractivity contribution in [3.05, 3.63) is 66.2 Å². The molecule has 1 N–H and O–H groups in total. The maximum Gasteiger partial charge on any atom is 0.230 e. The average Bonchev–Trinajstić information content (AvgIpc) is 2.89. The highest BCUT2D eigenvalue weighted by Crippen LogP contribution is 2.31. The van der Waals surface area contributed by atoms with Gasteiger partial charge in [-0.2, -0.15) is 0 Å². The number of Topliss-reactive ketones (excluding diaryl/α,β-unsaturated/α-hetero) is 1. The van der Waals surface area contributed by atoms with Crippen molar-refractivity contribution in [3.63, 3.8) is 0 Å². The molecule has 0 radical (unpaired) electrons. The summed E-state index contributed by atoms with van der Waals surface area (Å²) in [4.78, 5) is 19.1. The average molecular weight is 315 g/mol. The minimum absolute atomic E-state index is 0.0626. The van der Waals surface area contributed by atoms with Crippen molar-refractivity contribution >= 4 is 39.5 Å². The predicted molar refractivity (Wildman–Crippen MR) is 99.8 cm³/mol. The molecule has 0 aromatic heterocycles. The number of nitrogens with zero attached hydrogens (tertiary/aromatic N) is 2. The molecule has 0 amide bonds. The Bertz CT molecular complexity index is 972. The molecule has 3 aromatic rings. The van der Waals surface area contributed by atoms with E-state index in [1.165, 1.54) is 0 Å². The summed E-state index contributed by atoms with van der Waals surface area (Å²) in [6.45, 7) is 0. The van der Waals surface area contributed by atoms with Crippen LogP contribution in [0.25, 0.3) is 10.8 Å². The number of hydrogen-bond donors (Lipinski definition) is 1. The van der Waals surface area contributed by atoms with Crippen LogP contribution in [0, 0.1) is 0 Å². The third-order valence-corrected chi connectivity index (χ3v) is 4.20. The van der Waals surface area contributed by atoms with Gasteiger partial charge >= 0.3 is 0 Å². The van der Waals surface area contributed by atoms with Crippen LogP contribution in [0.15, 0.2) is 65.7 Å². The third kappa shape index (κ3) is 2.42. The lowest BCUT2D eigenvalue weighted by molar-refractivity contribution is 0.106. The monoisotopic (exact) mass is 315 g/mol. The summed E-state index contributed by atoms with van der Waals surface area (Å²) in [6, 6.07) is 19.8. The van der Waals surface area contributed by atoms with E-state index in [1.54, 1.807) is 0 Å². The Kier molecular flexibility index (Phi) is 3.31. The maximum atomic E-state index is 12.6. The quantitative estimate of drug-likeness (QED) is 0.769. The highest BCUT2D eigenvalue weighted by atomic mass is 16.1. The number of rotatable bonds is 2. The Labute approximate surface area is 140 Å². The number of anilines is 2. The molecule has 4 nitrogen and oxygen atoms in total. The fraction of sp³-hybridized carbons (Fsp3) is 0.100. The standard InChI is InChI=1S/C20H17N3O/c1-23(2)16-9-7-15(8-10-16)21-20-19(24)17-11-13-5-3-4-6-14(13)12-18(17)22-20/h3-12H,1-2H3,(H,21,22,24). The second kappa shape index (κ2) is 5.49. The number of carbonyl (C=O) groups excluding carboxylic acids is 1. The second-order valence-electron chi connectivity index (χ2n) is 6.07. The summed E-state index contributed by atoms with van der Waals surface area (Å²) in [6.07, 6.45) is 0. The van der Waals surface area contributed by atoms with Crippen molar-refractivity contribution in [1.82, 2.24) is 0 Å². The molecule has 0 fully saturated rings. The first-order chi connectivity index (χ1) is 11.6. The zero-order chi connectivity index (χ0) is 16.7. The molecule has 0 unspecified atom stereocenters. The number of aliphatic imine (C=N–C) groups is 1. The van der Waals surface area contributed by atoms with Crippen molar-refractivity contribution < 1.29 is 4.79 Å². The van der Waals surface area contributed by atoms with Crippen LogP contribution in [-0.4, -0.2) is 25.7 Å². The molecule has 24 heavy (non-hydrogen) atoms. The highest BCUT2D eigenvalue weighted by Gasteiger charge is 2.25. The number of hydrogen-bond acceptors (Lipinski definition) is 4. The van der Waals surface area contributed by atoms with Crippen LogP contribution in [0.3, 0.4) is 0 Å². The largest absolute Gasteiger partial charge is 0.378 e. The lowest BCUT2D eigenvalue weighted by Gasteiger charge is -2.13. The summed E-state index contributed by atoms with van der Waals surface area (Å²) in [5, 5.41) is 5.28. The topological polar surface area (TPSA) is 44.7 Å². The maximum absolute atomic E-state index is 12.6. The molecule has 4 rings (SSSR count). The molecule has 1 aliphatic rings. The van der Waals surface area contributed by atoms with Crippen molar-refractivity contribution in [2.45, 2.75) is 0 Å². The van der Waals surface area contributed by atoms with Gasteiger partial charge in [-0.25, -0.2) is 4.99 Å². The van der Waals surface area contributed by atoms with Gasteiger partial charge in [-0.05, 0) is 47.2 Å². The van der Waals surface area contributed by atoms with Gasteiger partial charge in [-0.1, -0.05) is 24.3 Å². The molecule has 3 aromatic carbocycles. The van der Waals surface area contributed by atoms with Crippen molar-refractivity contribution in [2.24, 2.45) is 4.99 Å². The highest BCUT2D eigenvalue weighted by molar-refractivity contribution is 6.52. The minimum atomic E-state index is -0.0626. The van der Waals surface area contributed by atoms with Gasteiger partial charge in [0.25, 0.3) is 0 Å². The van der Waals surface area contributed by atoms with Gasteiger partial charge in [0.05, 0.1) is 11.3 Å². The molecule has 1 aliphatic heterocycles.